The lowest BCUT2D eigenvalue weighted by molar-refractivity contribution is -0.118. The van der Waals surface area contributed by atoms with Gasteiger partial charge in [0.2, 0.25) is 5.91 Å². The largest absolute Gasteiger partial charge is 0.388 e. The average molecular weight is 453 g/mol. The van der Waals surface area contributed by atoms with Crippen molar-refractivity contribution in [3.8, 4) is 0 Å². The molecule has 2 aliphatic rings. The molecule has 2 amide bonds. The maximum Gasteiger partial charge on any atom is 0.268 e. The Morgan fingerprint density at radius 2 is 2.00 bits per heavy atom. The van der Waals surface area contributed by atoms with Crippen molar-refractivity contribution in [3.63, 3.8) is 0 Å². The quantitative estimate of drug-likeness (QED) is 0.503. The fourth-order valence-corrected chi connectivity index (χ4v) is 5.02. The van der Waals surface area contributed by atoms with Gasteiger partial charge in [-0.15, -0.1) is 0 Å². The highest BCUT2D eigenvalue weighted by Crippen LogP contribution is 2.42. The predicted octanol–water partition coefficient (Wildman–Crippen LogP) is 4.27. The van der Waals surface area contributed by atoms with Gasteiger partial charge in [0.15, 0.2) is 0 Å². The second-order valence-corrected chi connectivity index (χ2v) is 10.8. The van der Waals surface area contributed by atoms with Crippen LogP contribution >= 0.6 is 0 Å². The van der Waals surface area contributed by atoms with Crippen molar-refractivity contribution in [1.82, 2.24) is 15.3 Å². The third-order valence-electron chi connectivity index (χ3n) is 7.03. The first-order valence-electron chi connectivity index (χ1n) is 12.0. The van der Waals surface area contributed by atoms with Crippen LogP contribution in [-0.2, 0) is 11.2 Å². The molecule has 2 heterocycles. The van der Waals surface area contributed by atoms with Gasteiger partial charge in [-0.05, 0) is 75.0 Å². The zero-order valence-corrected chi connectivity index (χ0v) is 20.3. The van der Waals surface area contributed by atoms with Crippen LogP contribution in [0.5, 0.6) is 0 Å². The van der Waals surface area contributed by atoms with Crippen molar-refractivity contribution >= 4 is 17.5 Å². The molecule has 0 radical (unpaired) electrons. The second-order valence-electron chi connectivity index (χ2n) is 10.8. The predicted molar refractivity (Wildman–Crippen MR) is 128 cm³/mol. The molecule has 2 aromatic heterocycles. The maximum absolute atomic E-state index is 13.3. The van der Waals surface area contributed by atoms with Gasteiger partial charge >= 0.3 is 0 Å². The van der Waals surface area contributed by atoms with Gasteiger partial charge in [0.05, 0.1) is 18.0 Å². The third-order valence-corrected chi connectivity index (χ3v) is 7.03. The highest BCUT2D eigenvalue weighted by molar-refractivity contribution is 6.01. The Bertz CT molecular complexity index is 1070. The molecular weight excluding hydrogens is 416 g/mol. The molecule has 0 spiro atoms. The van der Waals surface area contributed by atoms with Gasteiger partial charge in [-0.1, -0.05) is 26.7 Å². The molecule has 2 aromatic rings. The van der Waals surface area contributed by atoms with E-state index in [2.05, 4.69) is 34.4 Å². The highest BCUT2D eigenvalue weighted by atomic mass is 16.3. The van der Waals surface area contributed by atoms with E-state index in [0.29, 0.717) is 30.1 Å². The summed E-state index contributed by atoms with van der Waals surface area (Å²) in [5, 5.41) is 16.6. The van der Waals surface area contributed by atoms with Crippen molar-refractivity contribution in [2.24, 2.45) is 11.3 Å². The lowest BCUT2D eigenvalue weighted by Gasteiger charge is -2.33. The maximum atomic E-state index is 13.3. The third kappa shape index (κ3) is 5.29. The van der Waals surface area contributed by atoms with Crippen LogP contribution < -0.4 is 10.6 Å². The number of aromatic amines is 1. The number of fused-ring (bicyclic) bond motifs is 1. The average Bonchev–Trinajstić information content (AvgIpc) is 3.48. The van der Waals surface area contributed by atoms with E-state index < -0.39 is 12.1 Å². The van der Waals surface area contributed by atoms with E-state index >= 15 is 0 Å². The number of hydrogen-bond donors (Lipinski definition) is 4. The standard InChI is InChI=1S/C26H36N4O3/c1-14-10-15(2)27-13-20(14)30-24(32)18(9-8-17-6-7-17)29-25(33)23-16(3)22-19(28-23)11-26(4,5)12-21(22)31/h10,13,17-18,21,28,31H,6-9,11-12H2,1-5H3,(H,29,33)(H,30,32). The number of amides is 2. The van der Waals surface area contributed by atoms with Crippen LogP contribution in [0, 0.1) is 32.1 Å². The Hall–Kier alpha value is -2.67. The van der Waals surface area contributed by atoms with Crippen LogP contribution in [0.2, 0.25) is 0 Å². The minimum atomic E-state index is -0.639. The van der Waals surface area contributed by atoms with Gasteiger partial charge in [-0.2, -0.15) is 0 Å². The summed E-state index contributed by atoms with van der Waals surface area (Å²) < 4.78 is 0. The number of nitrogens with zero attached hydrogens (tertiary/aromatic N) is 1. The zero-order chi connectivity index (χ0) is 23.9. The van der Waals surface area contributed by atoms with Crippen molar-refractivity contribution in [2.75, 3.05) is 5.32 Å². The highest BCUT2D eigenvalue weighted by Gasteiger charge is 2.36. The summed E-state index contributed by atoms with van der Waals surface area (Å²) in [5.41, 5.74) is 5.41. The molecule has 0 bridgehead atoms. The first-order chi connectivity index (χ1) is 15.5. The van der Waals surface area contributed by atoms with Crippen molar-refractivity contribution in [3.05, 3.63) is 46.0 Å². The van der Waals surface area contributed by atoms with E-state index in [1.165, 1.54) is 12.8 Å². The summed E-state index contributed by atoms with van der Waals surface area (Å²) in [5.74, 6) is 0.117. The van der Waals surface area contributed by atoms with E-state index in [-0.39, 0.29) is 17.2 Å². The Kier molecular flexibility index (Phi) is 6.36. The molecule has 1 saturated carbocycles. The van der Waals surface area contributed by atoms with Crippen LogP contribution in [0.1, 0.15) is 90.6 Å². The van der Waals surface area contributed by atoms with E-state index in [4.69, 9.17) is 0 Å². The molecule has 4 N–H and O–H groups in total. The molecule has 2 unspecified atom stereocenters. The molecule has 2 aliphatic carbocycles. The lowest BCUT2D eigenvalue weighted by atomic mass is 9.75. The summed E-state index contributed by atoms with van der Waals surface area (Å²) in [4.78, 5) is 34.0. The summed E-state index contributed by atoms with van der Waals surface area (Å²) >= 11 is 0. The Balaban J connectivity index is 1.52. The second kappa shape index (κ2) is 8.93. The van der Waals surface area contributed by atoms with E-state index in [1.54, 1.807) is 6.20 Å². The van der Waals surface area contributed by atoms with E-state index in [0.717, 1.165) is 40.9 Å². The van der Waals surface area contributed by atoms with Gasteiger partial charge < -0.3 is 20.7 Å². The fourth-order valence-electron chi connectivity index (χ4n) is 5.02. The number of anilines is 1. The normalized spacial score (nSPS) is 20.1. The van der Waals surface area contributed by atoms with Gasteiger partial charge in [-0.3, -0.25) is 14.6 Å². The number of aromatic nitrogens is 2. The molecule has 7 nitrogen and oxygen atoms in total. The van der Waals surface area contributed by atoms with Gasteiger partial charge in [-0.25, -0.2) is 0 Å². The number of aliphatic hydroxyl groups excluding tert-OH is 1. The number of pyridine rings is 1. The van der Waals surface area contributed by atoms with E-state index in [1.807, 2.05) is 26.8 Å². The van der Waals surface area contributed by atoms with Crippen molar-refractivity contribution in [1.29, 1.82) is 0 Å². The van der Waals surface area contributed by atoms with Crippen LogP contribution in [0.4, 0.5) is 5.69 Å². The summed E-state index contributed by atoms with van der Waals surface area (Å²) in [7, 11) is 0. The Labute approximate surface area is 195 Å². The summed E-state index contributed by atoms with van der Waals surface area (Å²) in [6, 6.07) is 1.28. The number of rotatable bonds is 7. The molecule has 0 aromatic carbocycles. The smallest absolute Gasteiger partial charge is 0.268 e. The molecule has 178 valence electrons. The van der Waals surface area contributed by atoms with Crippen LogP contribution in [0.3, 0.4) is 0 Å². The molecule has 4 rings (SSSR count). The zero-order valence-electron chi connectivity index (χ0n) is 20.3. The van der Waals surface area contributed by atoms with Crippen LogP contribution in [0.15, 0.2) is 12.3 Å². The van der Waals surface area contributed by atoms with E-state index in [9.17, 15) is 14.7 Å². The van der Waals surface area contributed by atoms with Crippen molar-refractivity contribution in [2.45, 2.75) is 85.3 Å². The number of carbonyl (C=O) groups is 2. The van der Waals surface area contributed by atoms with Crippen LogP contribution in [0.25, 0.3) is 0 Å². The first-order valence-corrected chi connectivity index (χ1v) is 12.0. The monoisotopic (exact) mass is 452 g/mol. The number of H-pyrrole nitrogens is 1. The Morgan fingerprint density at radius 3 is 2.67 bits per heavy atom. The molecular formula is C26H36N4O3. The number of carbonyl (C=O) groups excluding carboxylic acids is 2. The number of aliphatic hydroxyl groups is 1. The minimum absolute atomic E-state index is 0.0376. The summed E-state index contributed by atoms with van der Waals surface area (Å²) in [6.45, 7) is 9.95. The summed E-state index contributed by atoms with van der Waals surface area (Å²) in [6.07, 6.45) is 6.40. The minimum Gasteiger partial charge on any atom is -0.388 e. The van der Waals surface area contributed by atoms with Crippen molar-refractivity contribution < 1.29 is 14.7 Å². The number of nitrogens with one attached hydrogen (secondary N) is 3. The Morgan fingerprint density at radius 1 is 1.27 bits per heavy atom. The number of aryl methyl sites for hydroxylation is 2. The molecule has 0 aliphatic heterocycles. The molecule has 0 saturated heterocycles. The number of hydrogen-bond acceptors (Lipinski definition) is 4. The molecule has 7 heteroatoms. The first kappa shape index (κ1) is 23.5. The SMILES string of the molecule is Cc1cc(C)c(NC(=O)C(CCC2CC2)NC(=O)c2[nH]c3c(c2C)C(O)CC(C)(C)C3)cn1. The van der Waals surface area contributed by atoms with Gasteiger partial charge in [0.1, 0.15) is 11.7 Å². The van der Waals surface area contributed by atoms with Crippen LogP contribution in [-0.4, -0.2) is 32.9 Å². The van der Waals surface area contributed by atoms with Gasteiger partial charge in [0, 0.05) is 17.0 Å². The lowest BCUT2D eigenvalue weighted by Crippen LogP contribution is -2.44. The molecule has 1 fully saturated rings. The molecule has 2 atom stereocenters. The van der Waals surface area contributed by atoms with Gasteiger partial charge in [0.25, 0.3) is 5.91 Å². The topological polar surface area (TPSA) is 107 Å². The fraction of sp³-hybridized carbons (Fsp3) is 0.577. The molecule has 33 heavy (non-hydrogen) atoms.